The summed E-state index contributed by atoms with van der Waals surface area (Å²) in [6.07, 6.45) is 7.77. The number of ether oxygens (including phenoxy) is 1. The van der Waals surface area contributed by atoms with Gasteiger partial charge >= 0.3 is 5.97 Å². The summed E-state index contributed by atoms with van der Waals surface area (Å²) >= 11 is 0. The number of allylic oxidation sites excluding steroid dienone is 4. The quantitative estimate of drug-likeness (QED) is 0.749. The highest BCUT2D eigenvalue weighted by Crippen LogP contribution is 2.41. The van der Waals surface area contributed by atoms with Crippen LogP contribution in [0.4, 0.5) is 0 Å². The van der Waals surface area contributed by atoms with E-state index in [0.717, 1.165) is 26.1 Å². The SMILES string of the molecule is COC(=O)[C@H]1CN(Cc2ccccc2)CC1[C@H]1C=CC=C(C(C)(C)C)C1. The van der Waals surface area contributed by atoms with E-state index in [1.165, 1.54) is 18.2 Å². The Kier molecular flexibility index (Phi) is 5.67. The van der Waals surface area contributed by atoms with Crippen LogP contribution in [0.15, 0.2) is 54.1 Å². The molecule has 0 saturated carbocycles. The second-order valence-corrected chi connectivity index (χ2v) is 8.67. The number of carbonyl (C=O) groups excluding carboxylic acids is 1. The van der Waals surface area contributed by atoms with Gasteiger partial charge in [0.25, 0.3) is 0 Å². The summed E-state index contributed by atoms with van der Waals surface area (Å²) in [5, 5.41) is 0. The van der Waals surface area contributed by atoms with E-state index >= 15 is 0 Å². The Balaban J connectivity index is 1.75. The van der Waals surface area contributed by atoms with E-state index in [1.807, 2.05) is 6.07 Å². The molecule has 3 nitrogen and oxygen atoms in total. The maximum atomic E-state index is 12.5. The van der Waals surface area contributed by atoms with Gasteiger partial charge in [0.05, 0.1) is 13.0 Å². The summed E-state index contributed by atoms with van der Waals surface area (Å²) < 4.78 is 5.14. The maximum absolute atomic E-state index is 12.5. The van der Waals surface area contributed by atoms with Crippen LogP contribution in [0.2, 0.25) is 0 Å². The van der Waals surface area contributed by atoms with E-state index < -0.39 is 0 Å². The van der Waals surface area contributed by atoms with Crippen LogP contribution in [-0.2, 0) is 16.1 Å². The van der Waals surface area contributed by atoms with E-state index in [4.69, 9.17) is 4.74 Å². The number of likely N-dealkylation sites (tertiary alicyclic amines) is 1. The molecule has 3 heteroatoms. The van der Waals surface area contributed by atoms with Gasteiger partial charge in [-0.05, 0) is 29.2 Å². The van der Waals surface area contributed by atoms with Crippen LogP contribution >= 0.6 is 0 Å². The number of benzene rings is 1. The molecule has 140 valence electrons. The molecule has 0 spiro atoms. The normalized spacial score (nSPS) is 26.6. The summed E-state index contributed by atoms with van der Waals surface area (Å²) in [6, 6.07) is 10.5. The van der Waals surface area contributed by atoms with Crippen LogP contribution in [0.3, 0.4) is 0 Å². The van der Waals surface area contributed by atoms with Crippen molar-refractivity contribution in [3.05, 3.63) is 59.7 Å². The van der Waals surface area contributed by atoms with Crippen molar-refractivity contribution in [2.75, 3.05) is 20.2 Å². The minimum absolute atomic E-state index is 0.0438. The minimum atomic E-state index is -0.0641. The third kappa shape index (κ3) is 4.27. The van der Waals surface area contributed by atoms with Crippen molar-refractivity contribution in [1.29, 1.82) is 0 Å². The van der Waals surface area contributed by atoms with Gasteiger partial charge in [-0.2, -0.15) is 0 Å². The van der Waals surface area contributed by atoms with E-state index in [1.54, 1.807) is 0 Å². The lowest BCUT2D eigenvalue weighted by Crippen LogP contribution is -2.30. The van der Waals surface area contributed by atoms with Gasteiger partial charge in [-0.3, -0.25) is 9.69 Å². The predicted molar refractivity (Wildman–Crippen MR) is 106 cm³/mol. The highest BCUT2D eigenvalue weighted by molar-refractivity contribution is 5.73. The van der Waals surface area contributed by atoms with E-state index in [-0.39, 0.29) is 17.3 Å². The summed E-state index contributed by atoms with van der Waals surface area (Å²) in [5.74, 6) is 0.607. The third-order valence-corrected chi connectivity index (χ3v) is 5.82. The fourth-order valence-electron chi connectivity index (χ4n) is 4.27. The lowest BCUT2D eigenvalue weighted by atomic mass is 9.73. The van der Waals surface area contributed by atoms with Crippen molar-refractivity contribution < 1.29 is 9.53 Å². The van der Waals surface area contributed by atoms with Crippen molar-refractivity contribution >= 4 is 5.97 Å². The van der Waals surface area contributed by atoms with E-state index in [0.29, 0.717) is 11.8 Å². The van der Waals surface area contributed by atoms with E-state index in [9.17, 15) is 4.79 Å². The van der Waals surface area contributed by atoms with Crippen LogP contribution in [0.5, 0.6) is 0 Å². The molecule has 0 radical (unpaired) electrons. The zero-order valence-electron chi connectivity index (χ0n) is 16.4. The Morgan fingerprint density at radius 3 is 2.58 bits per heavy atom. The predicted octanol–water partition coefficient (Wildman–Crippen LogP) is 4.46. The largest absolute Gasteiger partial charge is 0.469 e. The average Bonchev–Trinajstić information content (AvgIpc) is 3.05. The second kappa shape index (κ2) is 7.79. The van der Waals surface area contributed by atoms with Crippen molar-refractivity contribution in [2.45, 2.75) is 33.7 Å². The number of hydrogen-bond acceptors (Lipinski definition) is 3. The standard InChI is InChI=1S/C23H31NO2/c1-23(2,3)19-12-8-11-18(13-19)20-15-24(16-21(20)22(25)26-4)14-17-9-6-5-7-10-17/h5-12,18,20-21H,13-16H2,1-4H3/t18-,20?,21-/m0/s1. The molecule has 0 amide bonds. The molecule has 0 bridgehead atoms. The van der Waals surface area contributed by atoms with Crippen LogP contribution in [0.25, 0.3) is 0 Å². The van der Waals surface area contributed by atoms with Crippen LogP contribution in [-0.4, -0.2) is 31.1 Å². The molecule has 3 rings (SSSR count). The fourth-order valence-corrected chi connectivity index (χ4v) is 4.27. The van der Waals surface area contributed by atoms with Gasteiger partial charge in [0, 0.05) is 19.6 Å². The highest BCUT2D eigenvalue weighted by atomic mass is 16.5. The number of carbonyl (C=O) groups is 1. The number of rotatable bonds is 4. The Bertz CT molecular complexity index is 684. The first-order valence-corrected chi connectivity index (χ1v) is 9.60. The lowest BCUT2D eigenvalue weighted by molar-refractivity contribution is -0.146. The molecular formula is C23H31NO2. The lowest BCUT2D eigenvalue weighted by Gasteiger charge is -2.32. The Hall–Kier alpha value is -1.87. The van der Waals surface area contributed by atoms with Crippen molar-refractivity contribution in [3.8, 4) is 0 Å². The zero-order chi connectivity index (χ0) is 18.7. The molecule has 1 unspecified atom stereocenters. The first kappa shape index (κ1) is 18.9. The smallest absolute Gasteiger partial charge is 0.310 e. The monoisotopic (exact) mass is 353 g/mol. The van der Waals surface area contributed by atoms with Gasteiger partial charge in [-0.25, -0.2) is 0 Å². The van der Waals surface area contributed by atoms with Crippen LogP contribution in [0.1, 0.15) is 32.8 Å². The van der Waals surface area contributed by atoms with Gasteiger partial charge in [-0.15, -0.1) is 0 Å². The number of esters is 1. The molecule has 1 aliphatic carbocycles. The van der Waals surface area contributed by atoms with Gasteiger partial charge in [0.2, 0.25) is 0 Å². The van der Waals surface area contributed by atoms with Gasteiger partial charge < -0.3 is 4.74 Å². The summed E-state index contributed by atoms with van der Waals surface area (Å²) in [7, 11) is 1.51. The number of hydrogen-bond donors (Lipinski definition) is 0. The molecule has 0 aromatic heterocycles. The molecule has 0 N–H and O–H groups in total. The van der Waals surface area contributed by atoms with Gasteiger partial charge in [0.1, 0.15) is 0 Å². The summed E-state index contributed by atoms with van der Waals surface area (Å²) in [4.78, 5) is 14.9. The molecule has 1 fully saturated rings. The molecule has 1 heterocycles. The minimum Gasteiger partial charge on any atom is -0.469 e. The Labute approximate surface area is 157 Å². The zero-order valence-corrected chi connectivity index (χ0v) is 16.4. The van der Waals surface area contributed by atoms with Gasteiger partial charge in [0.15, 0.2) is 0 Å². The summed E-state index contributed by atoms with van der Waals surface area (Å²) in [6.45, 7) is 9.42. The maximum Gasteiger partial charge on any atom is 0.310 e. The van der Waals surface area contributed by atoms with E-state index in [2.05, 4.69) is 68.2 Å². The fraction of sp³-hybridized carbons (Fsp3) is 0.522. The van der Waals surface area contributed by atoms with Crippen molar-refractivity contribution in [3.63, 3.8) is 0 Å². The molecule has 1 aromatic rings. The topological polar surface area (TPSA) is 29.5 Å². The van der Waals surface area contributed by atoms with Crippen molar-refractivity contribution in [1.82, 2.24) is 4.90 Å². The van der Waals surface area contributed by atoms with Gasteiger partial charge in [-0.1, -0.05) is 74.9 Å². The van der Waals surface area contributed by atoms with Crippen LogP contribution in [0, 0.1) is 23.2 Å². The summed E-state index contributed by atoms with van der Waals surface area (Å²) in [5.41, 5.74) is 2.94. The molecule has 1 saturated heterocycles. The molecule has 3 atom stereocenters. The van der Waals surface area contributed by atoms with Crippen molar-refractivity contribution in [2.24, 2.45) is 23.2 Å². The molecule has 26 heavy (non-hydrogen) atoms. The number of nitrogens with zero attached hydrogens (tertiary/aromatic N) is 1. The Morgan fingerprint density at radius 1 is 1.19 bits per heavy atom. The third-order valence-electron chi connectivity index (χ3n) is 5.82. The molecule has 2 aliphatic rings. The first-order valence-electron chi connectivity index (χ1n) is 9.60. The molecule has 1 aromatic carbocycles. The Morgan fingerprint density at radius 2 is 1.92 bits per heavy atom. The number of methoxy groups -OCH3 is 1. The molecular weight excluding hydrogens is 322 g/mol. The molecule has 1 aliphatic heterocycles. The second-order valence-electron chi connectivity index (χ2n) is 8.67. The van der Waals surface area contributed by atoms with Crippen LogP contribution < -0.4 is 0 Å². The average molecular weight is 354 g/mol. The first-order chi connectivity index (χ1) is 12.4. The highest BCUT2D eigenvalue weighted by Gasteiger charge is 2.42.